The van der Waals surface area contributed by atoms with Gasteiger partial charge >= 0.3 is 5.97 Å². The fourth-order valence-electron chi connectivity index (χ4n) is 2.36. The number of carbonyl (C=O) groups is 1. The Morgan fingerprint density at radius 1 is 1.28 bits per heavy atom. The highest BCUT2D eigenvalue weighted by Gasteiger charge is 2.18. The fraction of sp³-hybridized carbons (Fsp3) is 0.333. The second kappa shape index (κ2) is 5.17. The van der Waals surface area contributed by atoms with Crippen LogP contribution in [0, 0.1) is 0 Å². The zero-order valence-corrected chi connectivity index (χ0v) is 10.7. The number of aromatic nitrogens is 1. The van der Waals surface area contributed by atoms with E-state index in [9.17, 15) is 9.90 Å². The van der Waals surface area contributed by atoms with E-state index >= 15 is 0 Å². The van der Waals surface area contributed by atoms with E-state index in [1.807, 2.05) is 31.2 Å². The summed E-state index contributed by atoms with van der Waals surface area (Å²) >= 11 is 0. The topological polar surface area (TPSA) is 50.2 Å². The van der Waals surface area contributed by atoms with Crippen LogP contribution in [0.2, 0.25) is 0 Å². The predicted octanol–water partition coefficient (Wildman–Crippen LogP) is 3.45. The van der Waals surface area contributed by atoms with Crippen molar-refractivity contribution in [2.45, 2.75) is 33.1 Å². The van der Waals surface area contributed by atoms with Gasteiger partial charge in [-0.15, -0.1) is 0 Å². The first-order chi connectivity index (χ1) is 8.69. The molecule has 0 unspecified atom stereocenters. The summed E-state index contributed by atoms with van der Waals surface area (Å²) in [5, 5.41) is 10.2. The van der Waals surface area contributed by atoms with E-state index < -0.39 is 5.97 Å². The molecular formula is C15H17NO2. The van der Waals surface area contributed by atoms with Crippen molar-refractivity contribution in [2.24, 2.45) is 0 Å². The predicted molar refractivity (Wildman–Crippen MR) is 72.1 cm³/mol. The summed E-state index contributed by atoms with van der Waals surface area (Å²) in [6.07, 6.45) is 2.45. The van der Waals surface area contributed by atoms with Crippen LogP contribution in [-0.2, 0) is 12.8 Å². The van der Waals surface area contributed by atoms with Crippen molar-refractivity contribution in [2.75, 3.05) is 0 Å². The Balaban J connectivity index is 2.84. The highest BCUT2D eigenvalue weighted by Crippen LogP contribution is 2.25. The Bertz CT molecular complexity index is 590. The van der Waals surface area contributed by atoms with Gasteiger partial charge in [-0.05, 0) is 24.5 Å². The molecule has 2 aromatic rings. The number of nitrogens with zero attached hydrogens (tertiary/aromatic N) is 1. The molecule has 3 heteroatoms. The average molecular weight is 243 g/mol. The minimum atomic E-state index is -0.855. The lowest BCUT2D eigenvalue weighted by molar-refractivity contribution is 0.0697. The van der Waals surface area contributed by atoms with E-state index in [-0.39, 0.29) is 0 Å². The Morgan fingerprint density at radius 2 is 2.00 bits per heavy atom. The van der Waals surface area contributed by atoms with Gasteiger partial charge in [-0.1, -0.05) is 38.5 Å². The molecule has 1 N–H and O–H groups in total. The molecule has 1 heterocycles. The van der Waals surface area contributed by atoms with Crippen LogP contribution in [0.1, 0.15) is 41.9 Å². The maximum absolute atomic E-state index is 11.6. The number of hydrogen-bond acceptors (Lipinski definition) is 2. The van der Waals surface area contributed by atoms with Crippen LogP contribution in [-0.4, -0.2) is 16.1 Å². The number of aromatic carboxylic acids is 1. The highest BCUT2D eigenvalue weighted by molar-refractivity contribution is 6.04. The minimum absolute atomic E-state index is 0.430. The first-order valence-electron chi connectivity index (χ1n) is 6.32. The van der Waals surface area contributed by atoms with Gasteiger partial charge in [0.1, 0.15) is 0 Å². The Hall–Kier alpha value is -1.90. The van der Waals surface area contributed by atoms with Crippen LogP contribution >= 0.6 is 0 Å². The third-order valence-corrected chi connectivity index (χ3v) is 3.13. The van der Waals surface area contributed by atoms with Crippen LogP contribution in [0.4, 0.5) is 0 Å². The molecule has 0 aliphatic carbocycles. The van der Waals surface area contributed by atoms with E-state index in [4.69, 9.17) is 0 Å². The number of rotatable bonds is 4. The van der Waals surface area contributed by atoms with Crippen LogP contribution in [0.5, 0.6) is 0 Å². The van der Waals surface area contributed by atoms with Crippen molar-refractivity contribution >= 4 is 16.9 Å². The second-order valence-electron chi connectivity index (χ2n) is 4.34. The van der Waals surface area contributed by atoms with E-state index in [0.29, 0.717) is 5.56 Å². The molecule has 0 amide bonds. The third-order valence-electron chi connectivity index (χ3n) is 3.13. The molecular weight excluding hydrogens is 226 g/mol. The molecule has 94 valence electrons. The maximum Gasteiger partial charge on any atom is 0.336 e. The smallest absolute Gasteiger partial charge is 0.336 e. The molecule has 0 bridgehead atoms. The van der Waals surface area contributed by atoms with E-state index in [1.54, 1.807) is 0 Å². The Labute approximate surface area is 106 Å². The summed E-state index contributed by atoms with van der Waals surface area (Å²) in [7, 11) is 0. The van der Waals surface area contributed by atoms with Crippen LogP contribution < -0.4 is 0 Å². The van der Waals surface area contributed by atoms with Gasteiger partial charge in [-0.25, -0.2) is 4.79 Å². The normalized spacial score (nSPS) is 10.8. The van der Waals surface area contributed by atoms with Gasteiger partial charge in [-0.3, -0.25) is 4.98 Å². The first kappa shape index (κ1) is 12.6. The molecule has 1 aromatic carbocycles. The highest BCUT2D eigenvalue weighted by atomic mass is 16.4. The van der Waals surface area contributed by atoms with Gasteiger partial charge in [0.05, 0.1) is 11.1 Å². The molecule has 0 aliphatic rings. The molecule has 0 saturated heterocycles. The molecule has 0 radical (unpaired) electrons. The zero-order chi connectivity index (χ0) is 13.1. The first-order valence-corrected chi connectivity index (χ1v) is 6.32. The lowest BCUT2D eigenvalue weighted by atomic mass is 9.96. The van der Waals surface area contributed by atoms with Gasteiger partial charge in [0, 0.05) is 11.1 Å². The number of benzene rings is 1. The van der Waals surface area contributed by atoms with E-state index in [1.165, 1.54) is 0 Å². The van der Waals surface area contributed by atoms with Gasteiger partial charge in [0.25, 0.3) is 0 Å². The van der Waals surface area contributed by atoms with Crippen LogP contribution in [0.25, 0.3) is 10.9 Å². The quantitative estimate of drug-likeness (QED) is 0.894. The number of carboxylic acid groups (broad SMARTS) is 1. The molecule has 0 spiro atoms. The van der Waals surface area contributed by atoms with Crippen molar-refractivity contribution < 1.29 is 9.90 Å². The van der Waals surface area contributed by atoms with Gasteiger partial charge in [-0.2, -0.15) is 0 Å². The molecule has 2 rings (SSSR count). The van der Waals surface area contributed by atoms with E-state index in [2.05, 4.69) is 11.9 Å². The SMILES string of the molecule is CCCc1c(CC)nc2ccccc2c1C(=O)O. The maximum atomic E-state index is 11.6. The summed E-state index contributed by atoms with van der Waals surface area (Å²) in [5.41, 5.74) is 3.00. The monoisotopic (exact) mass is 243 g/mol. The van der Waals surface area contributed by atoms with Gasteiger partial charge in [0.15, 0.2) is 0 Å². The van der Waals surface area contributed by atoms with Crippen LogP contribution in [0.15, 0.2) is 24.3 Å². The molecule has 18 heavy (non-hydrogen) atoms. The van der Waals surface area contributed by atoms with Crippen molar-refractivity contribution in [3.63, 3.8) is 0 Å². The number of hydrogen-bond donors (Lipinski definition) is 1. The lowest BCUT2D eigenvalue weighted by Gasteiger charge is -2.13. The summed E-state index contributed by atoms with van der Waals surface area (Å²) in [6.45, 7) is 4.07. The van der Waals surface area contributed by atoms with Crippen molar-refractivity contribution in [1.82, 2.24) is 4.98 Å². The van der Waals surface area contributed by atoms with Crippen molar-refractivity contribution in [1.29, 1.82) is 0 Å². The second-order valence-corrected chi connectivity index (χ2v) is 4.34. The molecule has 0 fully saturated rings. The summed E-state index contributed by atoms with van der Waals surface area (Å²) in [5.74, 6) is -0.855. The fourth-order valence-corrected chi connectivity index (χ4v) is 2.36. The number of para-hydroxylation sites is 1. The van der Waals surface area contributed by atoms with Crippen LogP contribution in [0.3, 0.4) is 0 Å². The molecule has 3 nitrogen and oxygen atoms in total. The van der Waals surface area contributed by atoms with Gasteiger partial charge < -0.3 is 5.11 Å². The summed E-state index contributed by atoms with van der Waals surface area (Å²) < 4.78 is 0. The molecule has 1 aromatic heterocycles. The molecule has 0 atom stereocenters. The summed E-state index contributed by atoms with van der Waals surface area (Å²) in [4.78, 5) is 16.1. The summed E-state index contributed by atoms with van der Waals surface area (Å²) in [6, 6.07) is 7.46. The zero-order valence-electron chi connectivity index (χ0n) is 10.7. The minimum Gasteiger partial charge on any atom is -0.478 e. The number of carboxylic acids is 1. The molecule has 0 saturated carbocycles. The van der Waals surface area contributed by atoms with Gasteiger partial charge in [0.2, 0.25) is 0 Å². The number of fused-ring (bicyclic) bond motifs is 1. The van der Waals surface area contributed by atoms with Crippen molar-refractivity contribution in [3.8, 4) is 0 Å². The standard InChI is InChI=1S/C15H17NO2/c1-3-7-10-12(4-2)16-13-9-6-5-8-11(13)14(10)15(17)18/h5-6,8-9H,3-4,7H2,1-2H3,(H,17,18). The van der Waals surface area contributed by atoms with E-state index in [0.717, 1.165) is 41.4 Å². The Kier molecular flexibility index (Phi) is 3.60. The largest absolute Gasteiger partial charge is 0.478 e. The number of aryl methyl sites for hydroxylation is 1. The number of pyridine rings is 1. The third kappa shape index (κ3) is 2.08. The lowest BCUT2D eigenvalue weighted by Crippen LogP contribution is -2.09. The molecule has 0 aliphatic heterocycles. The van der Waals surface area contributed by atoms with Crippen molar-refractivity contribution in [3.05, 3.63) is 41.1 Å². The Morgan fingerprint density at radius 3 is 2.61 bits per heavy atom. The average Bonchev–Trinajstić information content (AvgIpc) is 2.37.